The van der Waals surface area contributed by atoms with E-state index in [4.69, 9.17) is 4.74 Å². The van der Waals surface area contributed by atoms with Crippen molar-refractivity contribution in [1.29, 1.82) is 5.26 Å². The van der Waals surface area contributed by atoms with Crippen LogP contribution in [0.15, 0.2) is 42.6 Å². The first-order valence-electron chi connectivity index (χ1n) is 6.36. The number of hydrogen-bond donors (Lipinski definition) is 0. The van der Waals surface area contributed by atoms with Gasteiger partial charge in [-0.25, -0.2) is 4.79 Å². The van der Waals surface area contributed by atoms with Crippen LogP contribution in [0.2, 0.25) is 0 Å². The van der Waals surface area contributed by atoms with E-state index < -0.39 is 5.97 Å². The van der Waals surface area contributed by atoms with Crippen LogP contribution in [-0.4, -0.2) is 17.0 Å². The molecular weight excluding hydrogens is 252 g/mol. The number of aromatic nitrogens is 1. The fourth-order valence-corrected chi connectivity index (χ4v) is 2.42. The molecule has 0 atom stereocenters. The SMILES string of the molecule is CCOC(=O)c1cc(C#N)n2ccc3ccccc3c12. The van der Waals surface area contributed by atoms with Gasteiger partial charge in [-0.05, 0) is 24.4 Å². The third-order valence-corrected chi connectivity index (χ3v) is 3.27. The number of pyridine rings is 1. The number of ether oxygens (including phenoxy) is 1. The molecule has 2 aromatic heterocycles. The molecule has 4 heteroatoms. The number of nitriles is 1. The van der Waals surface area contributed by atoms with Crippen molar-refractivity contribution in [3.8, 4) is 6.07 Å². The van der Waals surface area contributed by atoms with E-state index >= 15 is 0 Å². The molecule has 0 unspecified atom stereocenters. The summed E-state index contributed by atoms with van der Waals surface area (Å²) in [6, 6.07) is 13.4. The Kier molecular flexibility index (Phi) is 2.88. The molecule has 20 heavy (non-hydrogen) atoms. The fraction of sp³-hybridized carbons (Fsp3) is 0.125. The average molecular weight is 264 g/mol. The lowest BCUT2D eigenvalue weighted by atomic mass is 10.1. The van der Waals surface area contributed by atoms with Crippen molar-refractivity contribution in [2.24, 2.45) is 0 Å². The first-order valence-corrected chi connectivity index (χ1v) is 6.36. The molecular formula is C16H12N2O2. The second-order valence-electron chi connectivity index (χ2n) is 4.40. The number of nitrogens with zero attached hydrogens (tertiary/aromatic N) is 2. The summed E-state index contributed by atoms with van der Waals surface area (Å²) in [5.41, 5.74) is 1.58. The van der Waals surface area contributed by atoms with Crippen LogP contribution in [0.25, 0.3) is 16.3 Å². The van der Waals surface area contributed by atoms with Crippen molar-refractivity contribution in [2.75, 3.05) is 6.61 Å². The van der Waals surface area contributed by atoms with Gasteiger partial charge in [0.1, 0.15) is 11.8 Å². The first-order chi connectivity index (χ1) is 9.76. The molecule has 0 spiro atoms. The van der Waals surface area contributed by atoms with Crippen molar-refractivity contribution in [2.45, 2.75) is 6.92 Å². The monoisotopic (exact) mass is 264 g/mol. The highest BCUT2D eigenvalue weighted by Crippen LogP contribution is 2.26. The van der Waals surface area contributed by atoms with Crippen LogP contribution in [0.3, 0.4) is 0 Å². The highest BCUT2D eigenvalue weighted by Gasteiger charge is 2.18. The van der Waals surface area contributed by atoms with Crippen LogP contribution in [0.1, 0.15) is 23.0 Å². The first kappa shape index (κ1) is 12.2. The van der Waals surface area contributed by atoms with E-state index in [0.717, 1.165) is 16.3 Å². The number of hydrogen-bond acceptors (Lipinski definition) is 3. The topological polar surface area (TPSA) is 54.5 Å². The van der Waals surface area contributed by atoms with E-state index in [-0.39, 0.29) is 0 Å². The van der Waals surface area contributed by atoms with Crippen molar-refractivity contribution in [3.63, 3.8) is 0 Å². The van der Waals surface area contributed by atoms with Gasteiger partial charge in [-0.2, -0.15) is 5.26 Å². The highest BCUT2D eigenvalue weighted by molar-refractivity contribution is 6.08. The minimum Gasteiger partial charge on any atom is -0.462 e. The normalized spacial score (nSPS) is 10.6. The molecule has 0 N–H and O–H groups in total. The van der Waals surface area contributed by atoms with E-state index in [2.05, 4.69) is 6.07 Å². The van der Waals surface area contributed by atoms with Crippen molar-refractivity contribution in [3.05, 3.63) is 53.9 Å². The van der Waals surface area contributed by atoms with Gasteiger partial charge >= 0.3 is 5.97 Å². The predicted molar refractivity (Wildman–Crippen MR) is 75.6 cm³/mol. The van der Waals surface area contributed by atoms with Crippen LogP contribution in [0.4, 0.5) is 0 Å². The number of carbonyl (C=O) groups is 1. The third-order valence-electron chi connectivity index (χ3n) is 3.27. The molecule has 3 rings (SSSR count). The van der Waals surface area contributed by atoms with Crippen LogP contribution in [0.5, 0.6) is 0 Å². The Morgan fingerprint density at radius 3 is 2.90 bits per heavy atom. The van der Waals surface area contributed by atoms with E-state index in [9.17, 15) is 10.1 Å². The summed E-state index contributed by atoms with van der Waals surface area (Å²) in [5.74, 6) is -0.400. The van der Waals surface area contributed by atoms with Gasteiger partial charge < -0.3 is 9.14 Å². The zero-order chi connectivity index (χ0) is 14.1. The van der Waals surface area contributed by atoms with E-state index in [1.54, 1.807) is 23.6 Å². The highest BCUT2D eigenvalue weighted by atomic mass is 16.5. The summed E-state index contributed by atoms with van der Waals surface area (Å²) < 4.78 is 6.81. The van der Waals surface area contributed by atoms with Gasteiger partial charge in [-0.3, -0.25) is 0 Å². The van der Waals surface area contributed by atoms with Crippen LogP contribution in [0, 0.1) is 11.3 Å². The molecule has 0 fully saturated rings. The van der Waals surface area contributed by atoms with Gasteiger partial charge in [0.15, 0.2) is 0 Å². The lowest BCUT2D eigenvalue weighted by Gasteiger charge is -2.05. The maximum absolute atomic E-state index is 12.1. The maximum Gasteiger partial charge on any atom is 0.340 e. The Morgan fingerprint density at radius 2 is 2.15 bits per heavy atom. The van der Waals surface area contributed by atoms with Gasteiger partial charge in [0.2, 0.25) is 0 Å². The summed E-state index contributed by atoms with van der Waals surface area (Å²) >= 11 is 0. The van der Waals surface area contributed by atoms with E-state index in [1.165, 1.54) is 0 Å². The minimum atomic E-state index is -0.400. The molecule has 0 saturated carbocycles. The van der Waals surface area contributed by atoms with Gasteiger partial charge in [-0.15, -0.1) is 0 Å². The smallest absolute Gasteiger partial charge is 0.340 e. The van der Waals surface area contributed by atoms with Crippen LogP contribution >= 0.6 is 0 Å². The standard InChI is InChI=1S/C16H12N2O2/c1-2-20-16(19)14-9-12(10-17)18-8-7-11-5-3-4-6-13(11)15(14)18/h3-9H,2H2,1H3. The number of rotatable bonds is 2. The molecule has 98 valence electrons. The van der Waals surface area contributed by atoms with E-state index in [1.807, 2.05) is 30.3 Å². The summed E-state index contributed by atoms with van der Waals surface area (Å²) in [7, 11) is 0. The Hall–Kier alpha value is -2.80. The largest absolute Gasteiger partial charge is 0.462 e. The molecule has 0 aliphatic heterocycles. The van der Waals surface area contributed by atoms with Crippen molar-refractivity contribution >= 4 is 22.3 Å². The Labute approximate surface area is 115 Å². The van der Waals surface area contributed by atoms with Crippen molar-refractivity contribution in [1.82, 2.24) is 4.40 Å². The number of carbonyl (C=O) groups excluding carboxylic acids is 1. The van der Waals surface area contributed by atoms with Gasteiger partial charge in [0, 0.05) is 11.6 Å². The van der Waals surface area contributed by atoms with Crippen molar-refractivity contribution < 1.29 is 9.53 Å². The molecule has 0 saturated heterocycles. The van der Waals surface area contributed by atoms with Crippen LogP contribution in [-0.2, 0) is 4.74 Å². The quantitative estimate of drug-likeness (QED) is 0.668. The average Bonchev–Trinajstić information content (AvgIpc) is 2.86. The van der Waals surface area contributed by atoms with Gasteiger partial charge in [0.25, 0.3) is 0 Å². The number of benzene rings is 1. The lowest BCUT2D eigenvalue weighted by Crippen LogP contribution is -2.04. The van der Waals surface area contributed by atoms with E-state index in [0.29, 0.717) is 17.9 Å². The zero-order valence-corrected chi connectivity index (χ0v) is 11.0. The molecule has 0 aliphatic carbocycles. The fourth-order valence-electron chi connectivity index (χ4n) is 2.42. The molecule has 3 aromatic rings. The molecule has 0 aliphatic rings. The predicted octanol–water partition coefficient (Wildman–Crippen LogP) is 3.14. The van der Waals surface area contributed by atoms with Gasteiger partial charge in [-0.1, -0.05) is 24.3 Å². The summed E-state index contributed by atoms with van der Waals surface area (Å²) in [6.45, 7) is 2.07. The van der Waals surface area contributed by atoms with Crippen LogP contribution < -0.4 is 0 Å². The molecule has 0 radical (unpaired) electrons. The molecule has 0 bridgehead atoms. The minimum absolute atomic E-state index is 0.308. The Bertz CT molecular complexity index is 856. The second kappa shape index (κ2) is 4.71. The van der Waals surface area contributed by atoms with Gasteiger partial charge in [0.05, 0.1) is 17.7 Å². The summed E-state index contributed by atoms with van der Waals surface area (Å²) in [6.07, 6.45) is 1.80. The molecule has 0 amide bonds. The molecule has 4 nitrogen and oxygen atoms in total. The number of fused-ring (bicyclic) bond motifs is 3. The summed E-state index contributed by atoms with van der Waals surface area (Å²) in [4.78, 5) is 12.1. The zero-order valence-electron chi connectivity index (χ0n) is 11.0. The lowest BCUT2D eigenvalue weighted by molar-refractivity contribution is 0.0529. The summed E-state index contributed by atoms with van der Waals surface area (Å²) in [5, 5.41) is 11.2. The third kappa shape index (κ3) is 1.72. The molecule has 2 heterocycles. The second-order valence-corrected chi connectivity index (χ2v) is 4.40. The molecule has 1 aromatic carbocycles. The Balaban J connectivity index is 2.42. The maximum atomic E-state index is 12.1. The Morgan fingerprint density at radius 1 is 1.35 bits per heavy atom. The number of esters is 1.